The molecule has 1 aliphatic rings. The highest BCUT2D eigenvalue weighted by Gasteiger charge is 2.20. The Hall–Kier alpha value is -1.85. The first-order valence-corrected chi connectivity index (χ1v) is 9.78. The summed E-state index contributed by atoms with van der Waals surface area (Å²) in [7, 11) is 0. The molecule has 25 heavy (non-hydrogen) atoms. The van der Waals surface area contributed by atoms with Gasteiger partial charge in [0.2, 0.25) is 0 Å². The molecule has 1 atom stereocenters. The van der Waals surface area contributed by atoms with Crippen molar-refractivity contribution < 1.29 is 9.53 Å². The molecule has 2 heterocycles. The maximum Gasteiger partial charge on any atom is 0.257 e. The SMILES string of the molecule is Cc1ccccc1OCC(=O)NCC1CCCN(Cc2cccs2)C1. The van der Waals surface area contributed by atoms with Gasteiger partial charge in [0.1, 0.15) is 5.75 Å². The third-order valence-corrected chi connectivity index (χ3v) is 5.46. The molecule has 0 aliphatic carbocycles. The smallest absolute Gasteiger partial charge is 0.257 e. The third kappa shape index (κ3) is 5.58. The second kappa shape index (κ2) is 9.02. The van der Waals surface area contributed by atoms with Crippen LogP contribution in [0.15, 0.2) is 41.8 Å². The number of amides is 1. The van der Waals surface area contributed by atoms with Gasteiger partial charge in [-0.15, -0.1) is 11.3 Å². The first-order chi connectivity index (χ1) is 12.2. The number of hydrogen-bond acceptors (Lipinski definition) is 4. The van der Waals surface area contributed by atoms with Gasteiger partial charge in [-0.25, -0.2) is 0 Å². The zero-order chi connectivity index (χ0) is 17.5. The van der Waals surface area contributed by atoms with E-state index >= 15 is 0 Å². The van der Waals surface area contributed by atoms with Crippen molar-refractivity contribution in [3.63, 3.8) is 0 Å². The van der Waals surface area contributed by atoms with Crippen LogP contribution in [0, 0.1) is 12.8 Å². The number of aryl methyl sites for hydroxylation is 1. The molecule has 3 rings (SSSR count). The highest BCUT2D eigenvalue weighted by Crippen LogP contribution is 2.20. The summed E-state index contributed by atoms with van der Waals surface area (Å²) in [6, 6.07) is 12.1. The van der Waals surface area contributed by atoms with Crippen LogP contribution in [0.25, 0.3) is 0 Å². The van der Waals surface area contributed by atoms with Gasteiger partial charge in [-0.3, -0.25) is 9.69 Å². The molecule has 1 amide bonds. The molecule has 5 heteroatoms. The van der Waals surface area contributed by atoms with E-state index in [-0.39, 0.29) is 12.5 Å². The van der Waals surface area contributed by atoms with Crippen molar-refractivity contribution in [2.45, 2.75) is 26.3 Å². The van der Waals surface area contributed by atoms with E-state index in [1.54, 1.807) is 0 Å². The van der Waals surface area contributed by atoms with Crippen molar-refractivity contribution >= 4 is 17.2 Å². The van der Waals surface area contributed by atoms with Crippen molar-refractivity contribution in [1.82, 2.24) is 10.2 Å². The number of hydrogen-bond donors (Lipinski definition) is 1. The normalized spacial score (nSPS) is 18.0. The number of para-hydroxylation sites is 1. The van der Waals surface area contributed by atoms with Gasteiger partial charge in [0, 0.05) is 24.5 Å². The summed E-state index contributed by atoms with van der Waals surface area (Å²) in [5, 5.41) is 5.16. The number of rotatable bonds is 7. The zero-order valence-corrected chi connectivity index (χ0v) is 15.6. The largest absolute Gasteiger partial charge is 0.484 e. The van der Waals surface area contributed by atoms with E-state index < -0.39 is 0 Å². The number of benzene rings is 1. The molecule has 0 saturated carbocycles. The second-order valence-electron chi connectivity index (χ2n) is 6.68. The van der Waals surface area contributed by atoms with Gasteiger partial charge < -0.3 is 10.1 Å². The van der Waals surface area contributed by atoms with E-state index in [1.165, 1.54) is 17.7 Å². The van der Waals surface area contributed by atoms with Crippen molar-refractivity contribution in [1.29, 1.82) is 0 Å². The van der Waals surface area contributed by atoms with Crippen molar-refractivity contribution in [2.75, 3.05) is 26.2 Å². The summed E-state index contributed by atoms with van der Waals surface area (Å²) in [5.41, 5.74) is 1.05. The van der Waals surface area contributed by atoms with Crippen LogP contribution in [0.2, 0.25) is 0 Å². The van der Waals surface area contributed by atoms with Crippen LogP contribution in [0.5, 0.6) is 5.75 Å². The highest BCUT2D eigenvalue weighted by molar-refractivity contribution is 7.09. The average Bonchev–Trinajstić information content (AvgIpc) is 3.12. The second-order valence-corrected chi connectivity index (χ2v) is 7.71. The number of nitrogens with zero attached hydrogens (tertiary/aromatic N) is 1. The molecule has 1 aromatic heterocycles. The fourth-order valence-corrected chi connectivity index (χ4v) is 4.00. The Bertz CT molecular complexity index is 672. The molecule has 1 aliphatic heterocycles. The number of carbonyl (C=O) groups is 1. The quantitative estimate of drug-likeness (QED) is 0.824. The predicted octanol–water partition coefficient (Wildman–Crippen LogP) is 3.46. The number of thiophene rings is 1. The van der Waals surface area contributed by atoms with Crippen molar-refractivity contribution in [3.05, 3.63) is 52.2 Å². The lowest BCUT2D eigenvalue weighted by atomic mass is 9.98. The number of likely N-dealkylation sites (tertiary alicyclic amines) is 1. The van der Waals surface area contributed by atoms with Gasteiger partial charge in [0.15, 0.2) is 6.61 Å². The van der Waals surface area contributed by atoms with Gasteiger partial charge in [-0.1, -0.05) is 24.3 Å². The molecule has 134 valence electrons. The molecule has 1 unspecified atom stereocenters. The minimum atomic E-state index is -0.0429. The maximum absolute atomic E-state index is 12.1. The average molecular weight is 359 g/mol. The lowest BCUT2D eigenvalue weighted by molar-refractivity contribution is -0.123. The molecule has 1 N–H and O–H groups in total. The summed E-state index contributed by atoms with van der Waals surface area (Å²) < 4.78 is 5.61. The molecule has 1 aromatic carbocycles. The van der Waals surface area contributed by atoms with Crippen LogP contribution in [0.3, 0.4) is 0 Å². The van der Waals surface area contributed by atoms with Gasteiger partial charge in [0.05, 0.1) is 0 Å². The summed E-state index contributed by atoms with van der Waals surface area (Å²) >= 11 is 1.81. The molecule has 2 aromatic rings. The Balaban J connectivity index is 1.38. The Labute approximate surface area is 153 Å². The molecule has 0 spiro atoms. The number of carbonyl (C=O) groups excluding carboxylic acids is 1. The van der Waals surface area contributed by atoms with E-state index in [1.807, 2.05) is 42.5 Å². The van der Waals surface area contributed by atoms with E-state index in [9.17, 15) is 4.79 Å². The monoisotopic (exact) mass is 358 g/mol. The van der Waals surface area contributed by atoms with Crippen LogP contribution in [-0.2, 0) is 11.3 Å². The van der Waals surface area contributed by atoms with Crippen LogP contribution in [0.1, 0.15) is 23.3 Å². The fraction of sp³-hybridized carbons (Fsp3) is 0.450. The minimum Gasteiger partial charge on any atom is -0.484 e. The first kappa shape index (κ1) is 18.0. The number of ether oxygens (including phenoxy) is 1. The molecule has 0 radical (unpaired) electrons. The summed E-state index contributed by atoms with van der Waals surface area (Å²) in [6.07, 6.45) is 2.38. The standard InChI is InChI=1S/C20H26N2O2S/c1-16-6-2-3-9-19(16)24-15-20(23)21-12-17-7-4-10-22(13-17)14-18-8-5-11-25-18/h2-3,5-6,8-9,11,17H,4,7,10,12-15H2,1H3,(H,21,23). The van der Waals surface area contributed by atoms with Crippen LogP contribution >= 0.6 is 11.3 Å². The summed E-state index contributed by atoms with van der Waals surface area (Å²) in [6.45, 7) is 6.03. The van der Waals surface area contributed by atoms with Gasteiger partial charge in [-0.2, -0.15) is 0 Å². The predicted molar refractivity (Wildman–Crippen MR) is 102 cm³/mol. The molecule has 4 nitrogen and oxygen atoms in total. The summed E-state index contributed by atoms with van der Waals surface area (Å²) in [4.78, 5) is 16.0. The first-order valence-electron chi connectivity index (χ1n) is 8.90. The van der Waals surface area contributed by atoms with E-state index in [0.717, 1.165) is 37.5 Å². The van der Waals surface area contributed by atoms with Crippen LogP contribution in [0.4, 0.5) is 0 Å². The van der Waals surface area contributed by atoms with Crippen molar-refractivity contribution in [3.8, 4) is 5.75 Å². The zero-order valence-electron chi connectivity index (χ0n) is 14.7. The lowest BCUT2D eigenvalue weighted by Crippen LogP contribution is -2.41. The van der Waals surface area contributed by atoms with Crippen LogP contribution in [-0.4, -0.2) is 37.0 Å². The molecular formula is C20H26N2O2S. The van der Waals surface area contributed by atoms with Crippen LogP contribution < -0.4 is 10.1 Å². The highest BCUT2D eigenvalue weighted by atomic mass is 32.1. The van der Waals surface area contributed by atoms with E-state index in [2.05, 4.69) is 27.7 Å². The van der Waals surface area contributed by atoms with Gasteiger partial charge in [-0.05, 0) is 55.3 Å². The van der Waals surface area contributed by atoms with Crippen molar-refractivity contribution in [2.24, 2.45) is 5.92 Å². The fourth-order valence-electron chi connectivity index (χ4n) is 3.26. The number of piperidine rings is 1. The Morgan fingerprint density at radius 1 is 1.32 bits per heavy atom. The Morgan fingerprint density at radius 3 is 3.00 bits per heavy atom. The Morgan fingerprint density at radius 2 is 2.20 bits per heavy atom. The molecule has 1 fully saturated rings. The van der Waals surface area contributed by atoms with E-state index in [4.69, 9.17) is 4.74 Å². The third-order valence-electron chi connectivity index (χ3n) is 4.60. The lowest BCUT2D eigenvalue weighted by Gasteiger charge is -2.32. The van der Waals surface area contributed by atoms with E-state index in [0.29, 0.717) is 5.92 Å². The summed E-state index contributed by atoms with van der Waals surface area (Å²) in [5.74, 6) is 1.26. The Kier molecular flexibility index (Phi) is 6.48. The molecule has 1 saturated heterocycles. The van der Waals surface area contributed by atoms with Gasteiger partial charge >= 0.3 is 0 Å². The minimum absolute atomic E-state index is 0.0429. The topological polar surface area (TPSA) is 41.6 Å². The number of nitrogens with one attached hydrogen (secondary N) is 1. The molecule has 0 bridgehead atoms. The van der Waals surface area contributed by atoms with Gasteiger partial charge in [0.25, 0.3) is 5.91 Å². The molecular weight excluding hydrogens is 332 g/mol. The maximum atomic E-state index is 12.1.